The fourth-order valence-electron chi connectivity index (χ4n) is 2.81. The van der Waals surface area contributed by atoms with E-state index in [0.717, 1.165) is 24.5 Å². The summed E-state index contributed by atoms with van der Waals surface area (Å²) in [6.07, 6.45) is 5.66. The van der Waals surface area contributed by atoms with Crippen LogP contribution in [-0.4, -0.2) is 47.7 Å². The van der Waals surface area contributed by atoms with Crippen molar-refractivity contribution in [1.29, 1.82) is 0 Å². The fraction of sp³-hybridized carbons (Fsp3) is 0.750. The van der Waals surface area contributed by atoms with Crippen LogP contribution in [0.15, 0.2) is 6.33 Å². The number of aromatic nitrogens is 2. The van der Waals surface area contributed by atoms with Crippen molar-refractivity contribution in [2.45, 2.75) is 40.0 Å². The molecule has 1 aliphatic heterocycles. The topological polar surface area (TPSA) is 50.3 Å². The number of likely N-dealkylation sites (tertiary alicyclic amines) is 1. The zero-order valence-electron chi connectivity index (χ0n) is 13.6. The lowest BCUT2D eigenvalue weighted by Crippen LogP contribution is -2.35. The Hall–Kier alpha value is -1.36. The first-order chi connectivity index (χ1) is 10.2. The molecule has 21 heavy (non-hydrogen) atoms. The molecule has 118 valence electrons. The lowest BCUT2D eigenvalue weighted by molar-refractivity contribution is 0.204. The molecule has 1 atom stereocenters. The Labute approximate surface area is 128 Å². The normalized spacial score (nSPS) is 17.5. The van der Waals surface area contributed by atoms with E-state index in [2.05, 4.69) is 27.1 Å². The lowest BCUT2D eigenvalue weighted by atomic mass is 10.1. The second-order valence-corrected chi connectivity index (χ2v) is 5.93. The quantitative estimate of drug-likeness (QED) is 0.837. The second-order valence-electron chi connectivity index (χ2n) is 5.93. The van der Waals surface area contributed by atoms with Gasteiger partial charge in [0.25, 0.3) is 0 Å². The number of piperidine rings is 1. The lowest BCUT2D eigenvalue weighted by Gasteiger charge is -2.29. The van der Waals surface area contributed by atoms with Crippen molar-refractivity contribution in [2.75, 3.05) is 38.1 Å². The molecule has 2 heterocycles. The molecule has 0 radical (unpaired) electrons. The standard InChI is InChI=1S/C16H28N4O/c1-4-21-16-14(3)15(18-12-19-16)17-10-13(2)11-20-8-6-5-7-9-20/h12-13H,4-11H2,1-3H3,(H,17,18,19). The highest BCUT2D eigenvalue weighted by Crippen LogP contribution is 2.20. The molecule has 0 amide bonds. The highest BCUT2D eigenvalue weighted by Gasteiger charge is 2.14. The smallest absolute Gasteiger partial charge is 0.221 e. The van der Waals surface area contributed by atoms with Crippen LogP contribution in [0.2, 0.25) is 0 Å². The SMILES string of the molecule is CCOc1ncnc(NCC(C)CN2CCCCC2)c1C. The third-order valence-electron chi connectivity index (χ3n) is 3.96. The Morgan fingerprint density at radius 3 is 2.76 bits per heavy atom. The molecule has 0 aliphatic carbocycles. The molecule has 2 rings (SSSR count). The van der Waals surface area contributed by atoms with E-state index < -0.39 is 0 Å². The summed E-state index contributed by atoms with van der Waals surface area (Å²) in [5.74, 6) is 2.17. The maximum atomic E-state index is 5.51. The van der Waals surface area contributed by atoms with Gasteiger partial charge in [-0.3, -0.25) is 0 Å². The Balaban J connectivity index is 1.83. The van der Waals surface area contributed by atoms with Gasteiger partial charge in [-0.05, 0) is 45.7 Å². The van der Waals surface area contributed by atoms with Crippen molar-refractivity contribution in [3.05, 3.63) is 11.9 Å². The molecular formula is C16H28N4O. The summed E-state index contributed by atoms with van der Waals surface area (Å²) in [4.78, 5) is 11.1. The number of hydrogen-bond acceptors (Lipinski definition) is 5. The Kier molecular flexibility index (Phi) is 6.23. The van der Waals surface area contributed by atoms with Crippen LogP contribution >= 0.6 is 0 Å². The second kappa shape index (κ2) is 8.17. The highest BCUT2D eigenvalue weighted by molar-refractivity contribution is 5.47. The van der Waals surface area contributed by atoms with Gasteiger partial charge in [-0.2, -0.15) is 0 Å². The van der Waals surface area contributed by atoms with Gasteiger partial charge in [0.05, 0.1) is 12.2 Å². The number of hydrogen-bond donors (Lipinski definition) is 1. The van der Waals surface area contributed by atoms with Crippen LogP contribution in [0, 0.1) is 12.8 Å². The van der Waals surface area contributed by atoms with E-state index in [1.807, 2.05) is 13.8 Å². The van der Waals surface area contributed by atoms with E-state index in [0.29, 0.717) is 18.4 Å². The summed E-state index contributed by atoms with van der Waals surface area (Å²) in [5.41, 5.74) is 0.990. The Morgan fingerprint density at radius 1 is 1.29 bits per heavy atom. The van der Waals surface area contributed by atoms with Crippen LogP contribution < -0.4 is 10.1 Å². The Morgan fingerprint density at radius 2 is 2.05 bits per heavy atom. The summed E-state index contributed by atoms with van der Waals surface area (Å²) in [7, 11) is 0. The zero-order valence-corrected chi connectivity index (χ0v) is 13.6. The summed E-state index contributed by atoms with van der Waals surface area (Å²) in [5, 5.41) is 3.44. The maximum Gasteiger partial charge on any atom is 0.221 e. The van der Waals surface area contributed by atoms with Gasteiger partial charge in [-0.1, -0.05) is 13.3 Å². The summed E-state index contributed by atoms with van der Waals surface area (Å²) < 4.78 is 5.51. The van der Waals surface area contributed by atoms with Crippen molar-refractivity contribution < 1.29 is 4.74 Å². The molecule has 1 fully saturated rings. The first kappa shape index (κ1) is 16.0. The fourth-order valence-corrected chi connectivity index (χ4v) is 2.81. The van der Waals surface area contributed by atoms with E-state index in [1.165, 1.54) is 32.4 Å². The van der Waals surface area contributed by atoms with E-state index in [9.17, 15) is 0 Å². The Bertz CT molecular complexity index is 432. The monoisotopic (exact) mass is 292 g/mol. The minimum atomic E-state index is 0.605. The van der Waals surface area contributed by atoms with Crippen molar-refractivity contribution in [2.24, 2.45) is 5.92 Å². The van der Waals surface area contributed by atoms with Gasteiger partial charge in [0.2, 0.25) is 5.88 Å². The average molecular weight is 292 g/mol. The number of anilines is 1. The molecule has 0 bridgehead atoms. The van der Waals surface area contributed by atoms with E-state index >= 15 is 0 Å². The third kappa shape index (κ3) is 4.84. The highest BCUT2D eigenvalue weighted by atomic mass is 16.5. The van der Waals surface area contributed by atoms with Gasteiger partial charge < -0.3 is 15.0 Å². The van der Waals surface area contributed by atoms with Crippen molar-refractivity contribution >= 4 is 5.82 Å². The average Bonchev–Trinajstić information content (AvgIpc) is 2.49. The minimum absolute atomic E-state index is 0.605. The molecule has 1 aliphatic rings. The minimum Gasteiger partial charge on any atom is -0.478 e. The van der Waals surface area contributed by atoms with Gasteiger partial charge in [-0.25, -0.2) is 9.97 Å². The molecule has 1 aromatic heterocycles. The maximum absolute atomic E-state index is 5.51. The van der Waals surface area contributed by atoms with Gasteiger partial charge in [0.15, 0.2) is 0 Å². The van der Waals surface area contributed by atoms with Gasteiger partial charge in [0.1, 0.15) is 12.1 Å². The molecule has 1 unspecified atom stereocenters. The summed E-state index contributed by atoms with van der Waals surface area (Å²) in [6.45, 7) is 11.5. The molecule has 0 saturated carbocycles. The number of nitrogens with zero attached hydrogens (tertiary/aromatic N) is 3. The summed E-state index contributed by atoms with van der Waals surface area (Å²) in [6, 6.07) is 0. The largest absolute Gasteiger partial charge is 0.478 e. The molecule has 5 heteroatoms. The molecule has 5 nitrogen and oxygen atoms in total. The van der Waals surface area contributed by atoms with Gasteiger partial charge in [0, 0.05) is 13.1 Å². The van der Waals surface area contributed by atoms with Crippen molar-refractivity contribution in [1.82, 2.24) is 14.9 Å². The number of nitrogens with one attached hydrogen (secondary N) is 1. The van der Waals surface area contributed by atoms with Crippen LogP contribution in [0.1, 0.15) is 38.7 Å². The van der Waals surface area contributed by atoms with Crippen LogP contribution in [0.4, 0.5) is 5.82 Å². The molecule has 1 saturated heterocycles. The predicted octanol–water partition coefficient (Wildman–Crippen LogP) is 2.72. The molecule has 0 aromatic carbocycles. The molecule has 1 aromatic rings. The van der Waals surface area contributed by atoms with Crippen LogP contribution in [0.3, 0.4) is 0 Å². The number of rotatable bonds is 7. The van der Waals surface area contributed by atoms with Crippen LogP contribution in [0.25, 0.3) is 0 Å². The summed E-state index contributed by atoms with van der Waals surface area (Å²) >= 11 is 0. The van der Waals surface area contributed by atoms with E-state index in [1.54, 1.807) is 6.33 Å². The zero-order chi connectivity index (χ0) is 15.1. The van der Waals surface area contributed by atoms with E-state index in [-0.39, 0.29) is 0 Å². The van der Waals surface area contributed by atoms with Crippen LogP contribution in [-0.2, 0) is 0 Å². The first-order valence-electron chi connectivity index (χ1n) is 8.11. The van der Waals surface area contributed by atoms with E-state index in [4.69, 9.17) is 4.74 Å². The van der Waals surface area contributed by atoms with Crippen molar-refractivity contribution in [3.8, 4) is 5.88 Å². The van der Waals surface area contributed by atoms with Crippen molar-refractivity contribution in [3.63, 3.8) is 0 Å². The number of ether oxygens (including phenoxy) is 1. The predicted molar refractivity (Wildman–Crippen MR) is 85.9 cm³/mol. The molecule has 0 spiro atoms. The molecular weight excluding hydrogens is 264 g/mol. The van der Waals surface area contributed by atoms with Crippen LogP contribution in [0.5, 0.6) is 5.88 Å². The van der Waals surface area contributed by atoms with Gasteiger partial charge in [-0.15, -0.1) is 0 Å². The molecule has 1 N–H and O–H groups in total. The van der Waals surface area contributed by atoms with Gasteiger partial charge >= 0.3 is 0 Å². The first-order valence-corrected chi connectivity index (χ1v) is 8.11. The third-order valence-corrected chi connectivity index (χ3v) is 3.96.